The molecule has 2 aromatic heterocycles. The lowest BCUT2D eigenvalue weighted by atomic mass is 10.1. The van der Waals surface area contributed by atoms with E-state index in [2.05, 4.69) is 15.1 Å². The Hall–Kier alpha value is -2.67. The van der Waals surface area contributed by atoms with E-state index in [1.165, 1.54) is 19.3 Å². The Labute approximate surface area is 170 Å². The van der Waals surface area contributed by atoms with Gasteiger partial charge in [-0.3, -0.25) is 4.79 Å². The molecule has 0 N–H and O–H groups in total. The van der Waals surface area contributed by atoms with E-state index < -0.39 is 0 Å². The zero-order valence-corrected chi connectivity index (χ0v) is 17.5. The molecule has 1 aromatic carbocycles. The summed E-state index contributed by atoms with van der Waals surface area (Å²) >= 11 is 0. The molecule has 7 heteroatoms. The van der Waals surface area contributed by atoms with Crippen LogP contribution in [0.4, 0.5) is 0 Å². The van der Waals surface area contributed by atoms with Crippen molar-refractivity contribution >= 4 is 10.9 Å². The average molecular weight is 396 g/mol. The van der Waals surface area contributed by atoms with Crippen LogP contribution in [0.1, 0.15) is 37.6 Å². The van der Waals surface area contributed by atoms with Gasteiger partial charge in [0.15, 0.2) is 5.52 Å². The van der Waals surface area contributed by atoms with Crippen molar-refractivity contribution in [3.05, 3.63) is 46.0 Å². The van der Waals surface area contributed by atoms with Crippen LogP contribution in [0.25, 0.3) is 16.6 Å². The second kappa shape index (κ2) is 8.37. The fraction of sp³-hybridized carbons (Fsp3) is 0.500. The first-order valence-corrected chi connectivity index (χ1v) is 10.5. The highest BCUT2D eigenvalue weighted by atomic mass is 16.5. The first-order valence-electron chi connectivity index (χ1n) is 10.5. The van der Waals surface area contributed by atoms with E-state index in [0.29, 0.717) is 18.7 Å². The standard InChI is InChI=1S/C22H29N5O2/c1-4-29-19-10-8-18(9-11-19)27-17(3)20-16(2)23-26(22(28)21(20)24-27)15-14-25-12-6-5-7-13-25/h8-11H,4-7,12-15H2,1-3H3. The number of hydrogen-bond donors (Lipinski definition) is 0. The lowest BCUT2D eigenvalue weighted by Crippen LogP contribution is -2.35. The van der Waals surface area contributed by atoms with Crippen molar-refractivity contribution in [3.8, 4) is 11.4 Å². The Balaban J connectivity index is 1.66. The van der Waals surface area contributed by atoms with Crippen LogP contribution in [0.2, 0.25) is 0 Å². The molecule has 0 bridgehead atoms. The number of likely N-dealkylation sites (tertiary alicyclic amines) is 1. The van der Waals surface area contributed by atoms with Gasteiger partial charge in [0.1, 0.15) is 5.75 Å². The summed E-state index contributed by atoms with van der Waals surface area (Å²) in [5.41, 5.74) is 3.04. The molecule has 0 radical (unpaired) electrons. The summed E-state index contributed by atoms with van der Waals surface area (Å²) in [6.07, 6.45) is 3.79. The number of rotatable bonds is 6. The molecule has 29 heavy (non-hydrogen) atoms. The van der Waals surface area contributed by atoms with Crippen molar-refractivity contribution in [1.82, 2.24) is 24.5 Å². The highest BCUT2D eigenvalue weighted by Gasteiger charge is 2.18. The van der Waals surface area contributed by atoms with Gasteiger partial charge in [0.25, 0.3) is 5.56 Å². The van der Waals surface area contributed by atoms with Gasteiger partial charge in [-0.25, -0.2) is 9.36 Å². The normalized spacial score (nSPS) is 15.1. The molecule has 0 aliphatic carbocycles. The third kappa shape index (κ3) is 3.92. The predicted octanol–water partition coefficient (Wildman–Crippen LogP) is 3.08. The summed E-state index contributed by atoms with van der Waals surface area (Å²) in [6.45, 7) is 10.2. The van der Waals surface area contributed by atoms with Crippen molar-refractivity contribution in [2.45, 2.75) is 46.6 Å². The molecule has 1 aliphatic rings. The minimum absolute atomic E-state index is 0.115. The number of aryl methyl sites for hydroxylation is 2. The molecular formula is C22H29N5O2. The SMILES string of the molecule is CCOc1ccc(-n2nc3c(=O)n(CCN4CCCCC4)nc(C)c3c2C)cc1. The summed E-state index contributed by atoms with van der Waals surface area (Å²) < 4.78 is 8.93. The average Bonchev–Trinajstić information content (AvgIpc) is 3.09. The van der Waals surface area contributed by atoms with Crippen molar-refractivity contribution < 1.29 is 4.74 Å². The van der Waals surface area contributed by atoms with E-state index in [0.717, 1.165) is 47.8 Å². The Morgan fingerprint density at radius 2 is 1.72 bits per heavy atom. The fourth-order valence-electron chi connectivity index (χ4n) is 4.16. The number of piperidine rings is 1. The van der Waals surface area contributed by atoms with Crippen LogP contribution in [-0.4, -0.2) is 50.7 Å². The molecule has 0 unspecified atom stereocenters. The summed E-state index contributed by atoms with van der Waals surface area (Å²) in [5, 5.41) is 10.1. The predicted molar refractivity (Wildman–Crippen MR) is 114 cm³/mol. The van der Waals surface area contributed by atoms with Crippen molar-refractivity contribution in [1.29, 1.82) is 0 Å². The van der Waals surface area contributed by atoms with Crippen LogP contribution in [0.5, 0.6) is 5.75 Å². The van der Waals surface area contributed by atoms with Gasteiger partial charge in [-0.05, 0) is 71.0 Å². The smallest absolute Gasteiger partial charge is 0.295 e. The molecule has 0 amide bonds. The molecule has 1 fully saturated rings. The first-order chi connectivity index (χ1) is 14.1. The molecule has 1 saturated heterocycles. The maximum Gasteiger partial charge on any atom is 0.295 e. The monoisotopic (exact) mass is 395 g/mol. The molecule has 3 heterocycles. The Morgan fingerprint density at radius 3 is 2.41 bits per heavy atom. The summed E-state index contributed by atoms with van der Waals surface area (Å²) in [6, 6.07) is 7.77. The van der Waals surface area contributed by atoms with Crippen LogP contribution in [-0.2, 0) is 6.54 Å². The second-order valence-electron chi connectivity index (χ2n) is 7.66. The quantitative estimate of drug-likeness (QED) is 0.642. The number of nitrogens with zero attached hydrogens (tertiary/aromatic N) is 5. The van der Waals surface area contributed by atoms with Crippen LogP contribution >= 0.6 is 0 Å². The molecular weight excluding hydrogens is 366 g/mol. The number of hydrogen-bond acceptors (Lipinski definition) is 5. The zero-order valence-electron chi connectivity index (χ0n) is 17.5. The molecule has 3 aromatic rings. The van der Waals surface area contributed by atoms with Crippen LogP contribution in [0, 0.1) is 13.8 Å². The van der Waals surface area contributed by atoms with Crippen LogP contribution in [0.15, 0.2) is 29.1 Å². The highest BCUT2D eigenvalue weighted by Crippen LogP contribution is 2.22. The van der Waals surface area contributed by atoms with Gasteiger partial charge >= 0.3 is 0 Å². The fourth-order valence-corrected chi connectivity index (χ4v) is 4.16. The maximum atomic E-state index is 13.1. The number of aromatic nitrogens is 4. The van der Waals surface area contributed by atoms with Gasteiger partial charge in [-0.1, -0.05) is 6.42 Å². The Morgan fingerprint density at radius 1 is 1.00 bits per heavy atom. The highest BCUT2D eigenvalue weighted by molar-refractivity contribution is 5.83. The van der Waals surface area contributed by atoms with Crippen molar-refractivity contribution in [2.75, 3.05) is 26.2 Å². The van der Waals surface area contributed by atoms with Gasteiger partial charge in [0, 0.05) is 6.54 Å². The van der Waals surface area contributed by atoms with Gasteiger partial charge in [-0.2, -0.15) is 10.2 Å². The molecule has 0 spiro atoms. The molecule has 7 nitrogen and oxygen atoms in total. The Kier molecular flexibility index (Phi) is 5.67. The largest absolute Gasteiger partial charge is 0.494 e. The van der Waals surface area contributed by atoms with Gasteiger partial charge in [0.05, 0.1) is 35.6 Å². The molecule has 0 atom stereocenters. The lowest BCUT2D eigenvalue weighted by molar-refractivity contribution is 0.216. The minimum Gasteiger partial charge on any atom is -0.494 e. The lowest BCUT2D eigenvalue weighted by Gasteiger charge is -2.26. The van der Waals surface area contributed by atoms with Crippen LogP contribution < -0.4 is 10.3 Å². The molecule has 0 saturated carbocycles. The second-order valence-corrected chi connectivity index (χ2v) is 7.66. The number of fused-ring (bicyclic) bond motifs is 1. The number of benzene rings is 1. The van der Waals surface area contributed by atoms with E-state index in [9.17, 15) is 4.79 Å². The van der Waals surface area contributed by atoms with E-state index in [1.807, 2.05) is 49.7 Å². The van der Waals surface area contributed by atoms with Crippen molar-refractivity contribution in [2.24, 2.45) is 0 Å². The van der Waals surface area contributed by atoms with Crippen molar-refractivity contribution in [3.63, 3.8) is 0 Å². The maximum absolute atomic E-state index is 13.1. The third-order valence-corrected chi connectivity index (χ3v) is 5.65. The van der Waals surface area contributed by atoms with Gasteiger partial charge in [0.2, 0.25) is 0 Å². The van der Waals surface area contributed by atoms with Gasteiger partial charge < -0.3 is 9.64 Å². The van der Waals surface area contributed by atoms with Gasteiger partial charge in [-0.15, -0.1) is 0 Å². The third-order valence-electron chi connectivity index (χ3n) is 5.65. The Bertz CT molecular complexity index is 1050. The first kappa shape index (κ1) is 19.6. The minimum atomic E-state index is -0.115. The van der Waals surface area contributed by atoms with Crippen LogP contribution in [0.3, 0.4) is 0 Å². The zero-order chi connectivity index (χ0) is 20.4. The summed E-state index contributed by atoms with van der Waals surface area (Å²) in [7, 11) is 0. The topological polar surface area (TPSA) is 65.2 Å². The molecule has 154 valence electrons. The van der Waals surface area contributed by atoms with E-state index >= 15 is 0 Å². The summed E-state index contributed by atoms with van der Waals surface area (Å²) in [5.74, 6) is 0.823. The molecule has 4 rings (SSSR count). The van der Waals surface area contributed by atoms with E-state index in [1.54, 1.807) is 4.68 Å². The summed E-state index contributed by atoms with van der Waals surface area (Å²) in [4.78, 5) is 15.5. The van der Waals surface area contributed by atoms with E-state index in [4.69, 9.17) is 4.74 Å². The van der Waals surface area contributed by atoms with E-state index in [-0.39, 0.29) is 5.56 Å². The molecule has 1 aliphatic heterocycles. The number of ether oxygens (including phenoxy) is 1.